The van der Waals surface area contributed by atoms with Crippen LogP contribution in [-0.2, 0) is 9.53 Å². The van der Waals surface area contributed by atoms with Crippen molar-refractivity contribution in [1.29, 1.82) is 0 Å². The number of ether oxygens (including phenoxy) is 1. The molecule has 2 heteroatoms. The molecule has 0 aromatic rings. The van der Waals surface area contributed by atoms with Crippen molar-refractivity contribution in [2.45, 2.75) is 40.0 Å². The summed E-state index contributed by atoms with van der Waals surface area (Å²) in [4.78, 5) is 11.1. The number of methoxy groups -OCH3 is 1. The van der Waals surface area contributed by atoms with Gasteiger partial charge in [0.2, 0.25) is 0 Å². The van der Waals surface area contributed by atoms with E-state index in [-0.39, 0.29) is 11.9 Å². The van der Waals surface area contributed by atoms with Crippen molar-refractivity contribution >= 4 is 5.97 Å². The first-order chi connectivity index (χ1) is 5.63. The molecule has 0 fully saturated rings. The zero-order valence-electron chi connectivity index (χ0n) is 8.59. The van der Waals surface area contributed by atoms with E-state index in [0.717, 1.165) is 6.42 Å². The molecule has 2 atom stereocenters. The van der Waals surface area contributed by atoms with E-state index < -0.39 is 0 Å². The molecule has 0 saturated heterocycles. The lowest BCUT2D eigenvalue weighted by Gasteiger charge is -2.16. The number of unbranched alkanes of at least 4 members (excludes halogenated alkanes) is 1. The third-order valence-corrected chi connectivity index (χ3v) is 2.44. The summed E-state index contributed by atoms with van der Waals surface area (Å²) in [6.45, 7) is 6.21. The number of rotatable bonds is 5. The van der Waals surface area contributed by atoms with E-state index in [1.165, 1.54) is 20.0 Å². The lowest BCUT2D eigenvalue weighted by Crippen LogP contribution is -2.20. The fourth-order valence-corrected chi connectivity index (χ4v) is 1.19. The van der Waals surface area contributed by atoms with Gasteiger partial charge in [0, 0.05) is 0 Å². The van der Waals surface area contributed by atoms with E-state index in [9.17, 15) is 4.79 Å². The molecule has 0 rings (SSSR count). The Bertz CT molecular complexity index is 132. The molecule has 0 bridgehead atoms. The van der Waals surface area contributed by atoms with Gasteiger partial charge in [-0.2, -0.15) is 0 Å². The van der Waals surface area contributed by atoms with Crippen molar-refractivity contribution in [3.05, 3.63) is 0 Å². The molecule has 2 nitrogen and oxygen atoms in total. The summed E-state index contributed by atoms with van der Waals surface area (Å²) in [5, 5.41) is 0. The molecular weight excluding hydrogens is 152 g/mol. The van der Waals surface area contributed by atoms with Crippen LogP contribution in [-0.4, -0.2) is 13.1 Å². The van der Waals surface area contributed by atoms with Gasteiger partial charge in [0.1, 0.15) is 0 Å². The zero-order valence-corrected chi connectivity index (χ0v) is 8.59. The van der Waals surface area contributed by atoms with Crippen LogP contribution < -0.4 is 0 Å². The summed E-state index contributed by atoms with van der Waals surface area (Å²) in [5.74, 6) is 0.401. The highest BCUT2D eigenvalue weighted by Crippen LogP contribution is 2.18. The first-order valence-electron chi connectivity index (χ1n) is 4.71. The summed E-state index contributed by atoms with van der Waals surface area (Å²) in [6, 6.07) is 0. The van der Waals surface area contributed by atoms with Gasteiger partial charge in [-0.15, -0.1) is 0 Å². The summed E-state index contributed by atoms with van der Waals surface area (Å²) >= 11 is 0. The van der Waals surface area contributed by atoms with Crippen LogP contribution in [0.4, 0.5) is 0 Å². The second kappa shape index (κ2) is 6.04. The molecule has 0 spiro atoms. The van der Waals surface area contributed by atoms with Crippen LogP contribution in [0, 0.1) is 11.8 Å². The van der Waals surface area contributed by atoms with E-state index in [2.05, 4.69) is 18.6 Å². The van der Waals surface area contributed by atoms with E-state index in [4.69, 9.17) is 0 Å². The highest BCUT2D eigenvalue weighted by Gasteiger charge is 2.19. The summed E-state index contributed by atoms with van der Waals surface area (Å²) in [5.41, 5.74) is 0. The third-order valence-electron chi connectivity index (χ3n) is 2.44. The van der Waals surface area contributed by atoms with Crippen molar-refractivity contribution < 1.29 is 9.53 Å². The second-order valence-corrected chi connectivity index (χ2v) is 3.43. The Balaban J connectivity index is 3.75. The quantitative estimate of drug-likeness (QED) is 0.596. The fraction of sp³-hybridized carbons (Fsp3) is 0.900. The standard InChI is InChI=1S/C10H20O2/c1-5-6-7-8(2)9(3)10(11)12-4/h8-9H,5-7H2,1-4H3/t8-,9+/m1/s1. The maximum Gasteiger partial charge on any atom is 0.308 e. The molecule has 0 aromatic carbocycles. The highest BCUT2D eigenvalue weighted by molar-refractivity contribution is 5.72. The molecular formula is C10H20O2. The predicted molar refractivity (Wildman–Crippen MR) is 49.9 cm³/mol. The van der Waals surface area contributed by atoms with E-state index in [0.29, 0.717) is 5.92 Å². The predicted octanol–water partition coefficient (Wildman–Crippen LogP) is 2.62. The Morgan fingerprint density at radius 1 is 1.42 bits per heavy atom. The van der Waals surface area contributed by atoms with E-state index in [1.54, 1.807) is 0 Å². The fourth-order valence-electron chi connectivity index (χ4n) is 1.19. The first kappa shape index (κ1) is 11.5. The summed E-state index contributed by atoms with van der Waals surface area (Å²) in [7, 11) is 1.45. The van der Waals surface area contributed by atoms with Crippen molar-refractivity contribution in [1.82, 2.24) is 0 Å². The van der Waals surface area contributed by atoms with Gasteiger partial charge < -0.3 is 4.74 Å². The maximum absolute atomic E-state index is 11.1. The van der Waals surface area contributed by atoms with Crippen LogP contribution in [0.2, 0.25) is 0 Å². The zero-order chi connectivity index (χ0) is 9.56. The molecule has 0 aromatic heterocycles. The molecule has 12 heavy (non-hydrogen) atoms. The van der Waals surface area contributed by atoms with Gasteiger partial charge in [-0.1, -0.05) is 33.6 Å². The van der Waals surface area contributed by atoms with Gasteiger partial charge in [0.05, 0.1) is 13.0 Å². The molecule has 0 heterocycles. The highest BCUT2D eigenvalue weighted by atomic mass is 16.5. The largest absolute Gasteiger partial charge is 0.469 e. The van der Waals surface area contributed by atoms with Crippen LogP contribution in [0.15, 0.2) is 0 Å². The van der Waals surface area contributed by atoms with E-state index >= 15 is 0 Å². The lowest BCUT2D eigenvalue weighted by molar-refractivity contribution is -0.146. The van der Waals surface area contributed by atoms with Crippen molar-refractivity contribution in [2.24, 2.45) is 11.8 Å². The lowest BCUT2D eigenvalue weighted by atomic mass is 9.91. The van der Waals surface area contributed by atoms with E-state index in [1.807, 2.05) is 6.92 Å². The Morgan fingerprint density at radius 2 is 2.00 bits per heavy atom. The summed E-state index contributed by atoms with van der Waals surface area (Å²) in [6.07, 6.45) is 3.51. The van der Waals surface area contributed by atoms with Crippen LogP contribution in [0.5, 0.6) is 0 Å². The molecule has 0 aliphatic carbocycles. The third kappa shape index (κ3) is 3.74. The van der Waals surface area contributed by atoms with Gasteiger partial charge in [0.25, 0.3) is 0 Å². The van der Waals surface area contributed by atoms with Gasteiger partial charge in [-0.25, -0.2) is 0 Å². The summed E-state index contributed by atoms with van der Waals surface area (Å²) < 4.78 is 4.67. The van der Waals surface area contributed by atoms with Gasteiger partial charge in [0.15, 0.2) is 0 Å². The first-order valence-corrected chi connectivity index (χ1v) is 4.71. The molecule has 0 radical (unpaired) electrons. The van der Waals surface area contributed by atoms with Gasteiger partial charge in [-0.05, 0) is 12.3 Å². The average molecular weight is 172 g/mol. The van der Waals surface area contributed by atoms with Crippen LogP contribution in [0.25, 0.3) is 0 Å². The van der Waals surface area contributed by atoms with Crippen molar-refractivity contribution in [3.63, 3.8) is 0 Å². The number of esters is 1. The molecule has 0 aliphatic heterocycles. The van der Waals surface area contributed by atoms with Crippen LogP contribution >= 0.6 is 0 Å². The molecule has 0 aliphatic rings. The average Bonchev–Trinajstić information content (AvgIpc) is 2.11. The molecule has 0 unspecified atom stereocenters. The minimum absolute atomic E-state index is 0.0431. The minimum Gasteiger partial charge on any atom is -0.469 e. The molecule has 0 amide bonds. The minimum atomic E-state index is -0.0846. The monoisotopic (exact) mass is 172 g/mol. The second-order valence-electron chi connectivity index (χ2n) is 3.43. The van der Waals surface area contributed by atoms with Crippen LogP contribution in [0.3, 0.4) is 0 Å². The Kier molecular flexibility index (Phi) is 5.77. The Morgan fingerprint density at radius 3 is 2.42 bits per heavy atom. The molecule has 0 N–H and O–H groups in total. The maximum atomic E-state index is 11.1. The normalized spacial score (nSPS) is 15.3. The number of carbonyl (C=O) groups excluding carboxylic acids is 1. The van der Waals surface area contributed by atoms with Gasteiger partial charge in [-0.3, -0.25) is 4.79 Å². The number of hydrogen-bond donors (Lipinski definition) is 0. The van der Waals surface area contributed by atoms with Crippen molar-refractivity contribution in [3.8, 4) is 0 Å². The number of hydrogen-bond acceptors (Lipinski definition) is 2. The van der Waals surface area contributed by atoms with Crippen molar-refractivity contribution in [2.75, 3.05) is 7.11 Å². The number of carbonyl (C=O) groups is 1. The SMILES string of the molecule is CCCC[C@@H](C)[C@H](C)C(=O)OC. The molecule has 0 saturated carbocycles. The smallest absolute Gasteiger partial charge is 0.308 e. The Hall–Kier alpha value is -0.530. The van der Waals surface area contributed by atoms with Gasteiger partial charge >= 0.3 is 5.97 Å². The topological polar surface area (TPSA) is 26.3 Å². The van der Waals surface area contributed by atoms with Crippen LogP contribution in [0.1, 0.15) is 40.0 Å². The Labute approximate surface area is 75.3 Å². The molecule has 72 valence electrons.